The summed E-state index contributed by atoms with van der Waals surface area (Å²) in [4.78, 5) is 9.51. The zero-order valence-corrected chi connectivity index (χ0v) is 25.8. The standard InChI is InChI=1S/C36H21N7O.Pt/c1-3-9-31-27(7-1)28-14-11-25(36-40-30-8-2-4-10-35(30)44-36)22-33(28)43(31)34-21-24(12-16-32(34)42-20-6-18-39-42)29-15-13-26(23-37-29)41-19-5-17-38-41;/h1-20,23H;/q-2;+2. The van der Waals surface area contributed by atoms with Gasteiger partial charge in [0.2, 0.25) is 0 Å². The summed E-state index contributed by atoms with van der Waals surface area (Å²) >= 11 is 0. The van der Waals surface area contributed by atoms with Gasteiger partial charge in [-0.05, 0) is 58.7 Å². The van der Waals surface area contributed by atoms with E-state index in [1.165, 1.54) is 0 Å². The van der Waals surface area contributed by atoms with Crippen molar-refractivity contribution >= 4 is 32.9 Å². The average molecular weight is 763 g/mol. The van der Waals surface area contributed by atoms with E-state index >= 15 is 0 Å². The Kier molecular flexibility index (Phi) is 6.50. The minimum Gasteiger partial charge on any atom is -0.481 e. The van der Waals surface area contributed by atoms with Crippen LogP contribution in [0.15, 0.2) is 132 Å². The van der Waals surface area contributed by atoms with Crippen molar-refractivity contribution in [1.29, 1.82) is 0 Å². The van der Waals surface area contributed by atoms with E-state index in [0.29, 0.717) is 5.89 Å². The van der Waals surface area contributed by atoms with E-state index in [-0.39, 0.29) is 21.1 Å². The molecule has 0 fully saturated rings. The molecule has 0 unspecified atom stereocenters. The smallest absolute Gasteiger partial charge is 0.481 e. The zero-order valence-electron chi connectivity index (χ0n) is 23.5. The Hall–Kier alpha value is -5.59. The van der Waals surface area contributed by atoms with Gasteiger partial charge in [-0.25, -0.2) is 4.68 Å². The Labute approximate surface area is 271 Å². The van der Waals surface area contributed by atoms with Crippen LogP contribution in [0.4, 0.5) is 0 Å². The Balaban J connectivity index is 0.00000300. The number of aromatic nitrogens is 7. The fraction of sp³-hybridized carbons (Fsp3) is 0. The number of pyridine rings is 1. The quantitative estimate of drug-likeness (QED) is 0.169. The maximum absolute atomic E-state index is 6.13. The maximum atomic E-state index is 6.13. The predicted molar refractivity (Wildman–Crippen MR) is 169 cm³/mol. The third-order valence-electron chi connectivity index (χ3n) is 7.78. The summed E-state index contributed by atoms with van der Waals surface area (Å²) in [6.45, 7) is 0. The first kappa shape index (κ1) is 27.0. The summed E-state index contributed by atoms with van der Waals surface area (Å²) in [5.74, 6) is 0.524. The minimum absolute atomic E-state index is 0. The molecule has 0 bridgehead atoms. The minimum atomic E-state index is 0. The van der Waals surface area contributed by atoms with Crippen molar-refractivity contribution < 1.29 is 25.5 Å². The zero-order chi connectivity index (χ0) is 29.0. The van der Waals surface area contributed by atoms with Gasteiger partial charge in [0.1, 0.15) is 11.5 Å². The SMILES string of the molecule is [Pt+2].[c-]1c(-c2ccc(-n3cccn3)cn2)ccc(-n2cccn2)c1-n1c2[c-]c(-c3nc4ccccc4o3)ccc2c2ccccc21. The van der Waals surface area contributed by atoms with Crippen LogP contribution in [0.1, 0.15) is 0 Å². The number of para-hydroxylation sites is 3. The van der Waals surface area contributed by atoms with Crippen molar-refractivity contribution in [2.24, 2.45) is 0 Å². The molecule has 8 nitrogen and oxygen atoms in total. The molecule has 0 aliphatic heterocycles. The van der Waals surface area contributed by atoms with Crippen LogP contribution in [0.2, 0.25) is 0 Å². The van der Waals surface area contributed by atoms with Crippen molar-refractivity contribution in [1.82, 2.24) is 34.1 Å². The number of rotatable bonds is 5. The van der Waals surface area contributed by atoms with E-state index in [9.17, 15) is 0 Å². The van der Waals surface area contributed by atoms with Crippen LogP contribution >= 0.6 is 0 Å². The molecule has 9 rings (SSSR count). The van der Waals surface area contributed by atoms with E-state index in [1.807, 2.05) is 90.0 Å². The fourth-order valence-corrected chi connectivity index (χ4v) is 5.73. The van der Waals surface area contributed by atoms with Gasteiger partial charge in [-0.2, -0.15) is 10.2 Å². The second kappa shape index (κ2) is 10.8. The molecule has 45 heavy (non-hydrogen) atoms. The van der Waals surface area contributed by atoms with Crippen LogP contribution in [0.25, 0.3) is 72.7 Å². The Morgan fingerprint density at radius 3 is 2.27 bits per heavy atom. The predicted octanol–water partition coefficient (Wildman–Crippen LogP) is 7.62. The Morgan fingerprint density at radius 2 is 1.47 bits per heavy atom. The first-order chi connectivity index (χ1) is 21.8. The summed E-state index contributed by atoms with van der Waals surface area (Å²) in [7, 11) is 0. The summed E-state index contributed by atoms with van der Waals surface area (Å²) in [6, 6.07) is 39.5. The van der Waals surface area contributed by atoms with Crippen molar-refractivity contribution in [2.75, 3.05) is 0 Å². The molecule has 5 aromatic heterocycles. The molecule has 0 saturated carbocycles. The fourth-order valence-electron chi connectivity index (χ4n) is 5.73. The Bertz CT molecular complexity index is 2410. The largest absolute Gasteiger partial charge is 2.00 e. The molecule has 0 amide bonds. The first-order valence-corrected chi connectivity index (χ1v) is 14.1. The molecule has 0 N–H and O–H groups in total. The van der Waals surface area contributed by atoms with E-state index in [4.69, 9.17) is 14.4 Å². The van der Waals surface area contributed by atoms with Crippen LogP contribution in [0, 0.1) is 12.1 Å². The van der Waals surface area contributed by atoms with Crippen LogP contribution in [0.5, 0.6) is 0 Å². The number of fused-ring (bicyclic) bond motifs is 4. The van der Waals surface area contributed by atoms with Crippen LogP contribution in [0.3, 0.4) is 0 Å². The third-order valence-corrected chi connectivity index (χ3v) is 7.78. The average Bonchev–Trinajstić information content (AvgIpc) is 3.90. The van der Waals surface area contributed by atoms with Crippen LogP contribution < -0.4 is 0 Å². The van der Waals surface area contributed by atoms with Gasteiger partial charge in [0, 0.05) is 42.2 Å². The number of benzene rings is 4. The molecule has 0 aliphatic rings. The normalized spacial score (nSPS) is 11.4. The first-order valence-electron chi connectivity index (χ1n) is 14.1. The number of nitrogens with zero attached hydrogens (tertiary/aromatic N) is 7. The maximum Gasteiger partial charge on any atom is 2.00 e. The monoisotopic (exact) mass is 762 g/mol. The summed E-state index contributed by atoms with van der Waals surface area (Å²) in [5.41, 5.74) is 8.45. The topological polar surface area (TPSA) is 79.5 Å². The molecule has 0 atom stereocenters. The van der Waals surface area contributed by atoms with E-state index in [1.54, 1.807) is 17.1 Å². The van der Waals surface area contributed by atoms with E-state index in [2.05, 4.69) is 57.2 Å². The van der Waals surface area contributed by atoms with Crippen molar-refractivity contribution in [3.05, 3.63) is 140 Å². The van der Waals surface area contributed by atoms with Gasteiger partial charge in [-0.1, -0.05) is 47.3 Å². The molecule has 5 heterocycles. The van der Waals surface area contributed by atoms with Crippen molar-refractivity contribution in [3.63, 3.8) is 0 Å². The van der Waals surface area contributed by atoms with Crippen molar-refractivity contribution in [3.8, 4) is 39.8 Å². The summed E-state index contributed by atoms with van der Waals surface area (Å²) in [5, 5.41) is 11.1. The van der Waals surface area contributed by atoms with Gasteiger partial charge in [0.25, 0.3) is 0 Å². The molecular weight excluding hydrogens is 742 g/mol. The second-order valence-electron chi connectivity index (χ2n) is 10.4. The Morgan fingerprint density at radius 1 is 0.667 bits per heavy atom. The van der Waals surface area contributed by atoms with Gasteiger partial charge in [-0.15, -0.1) is 42.0 Å². The summed E-state index contributed by atoms with van der Waals surface area (Å²) < 4.78 is 12.0. The molecule has 4 aromatic carbocycles. The number of hydrogen-bond acceptors (Lipinski definition) is 5. The molecule has 216 valence electrons. The van der Waals surface area contributed by atoms with Gasteiger partial charge in [-0.3, -0.25) is 9.67 Å². The van der Waals surface area contributed by atoms with E-state index in [0.717, 1.165) is 66.8 Å². The molecular formula is C36H21N7OPt. The number of hydrogen-bond donors (Lipinski definition) is 0. The van der Waals surface area contributed by atoms with Gasteiger partial charge >= 0.3 is 21.1 Å². The molecule has 0 radical (unpaired) electrons. The molecule has 9 aromatic rings. The van der Waals surface area contributed by atoms with Gasteiger partial charge < -0.3 is 14.0 Å². The second-order valence-corrected chi connectivity index (χ2v) is 10.4. The molecule has 0 saturated heterocycles. The van der Waals surface area contributed by atoms with Crippen LogP contribution in [-0.2, 0) is 21.1 Å². The van der Waals surface area contributed by atoms with Crippen molar-refractivity contribution in [2.45, 2.75) is 0 Å². The molecule has 0 spiro atoms. The van der Waals surface area contributed by atoms with Gasteiger partial charge in [0.15, 0.2) is 0 Å². The van der Waals surface area contributed by atoms with E-state index < -0.39 is 0 Å². The third kappa shape index (κ3) is 4.50. The number of oxazole rings is 1. The molecule has 0 aliphatic carbocycles. The van der Waals surface area contributed by atoms with Gasteiger partial charge in [0.05, 0.1) is 11.2 Å². The summed E-state index contributed by atoms with van der Waals surface area (Å²) in [6.07, 6.45) is 9.17. The molecule has 9 heteroatoms. The van der Waals surface area contributed by atoms with Crippen LogP contribution in [-0.4, -0.2) is 34.1 Å².